The third-order valence-electron chi connectivity index (χ3n) is 13.1. The lowest BCUT2D eigenvalue weighted by Gasteiger charge is -2.28. The van der Waals surface area contributed by atoms with E-state index in [1.54, 1.807) is 0 Å². The minimum atomic E-state index is 0.887. The summed E-state index contributed by atoms with van der Waals surface area (Å²) in [6, 6.07) is 85.9. The molecule has 13 rings (SSSR count). The Morgan fingerprint density at radius 1 is 0.323 bits per heavy atom. The summed E-state index contributed by atoms with van der Waals surface area (Å²) in [6.07, 6.45) is 0. The van der Waals surface area contributed by atoms with Crippen molar-refractivity contribution in [1.82, 2.24) is 0 Å². The molecular formula is C62H39NOS. The molecule has 3 heteroatoms. The van der Waals surface area contributed by atoms with Gasteiger partial charge in [0.15, 0.2) is 0 Å². The Bertz CT molecular complexity index is 3950. The van der Waals surface area contributed by atoms with E-state index in [1.807, 2.05) is 11.3 Å². The molecule has 2 aromatic heterocycles. The molecule has 11 aromatic carbocycles. The standard InChI is InChI=1S/C62H39NOS/c1-2-15-45-39-59-57(38-44(45)14-1)55-25-12-24-54(61(55)64-59)52-20-5-7-27-58(52)63(48-35-31-42(32-36-48)51-23-11-26-56-53-21-6-8-28-60(53)65-62(51)56)47-33-29-40(30-34-47)43-17-9-18-46(37-43)50-22-10-16-41-13-3-4-19-49(41)50/h1-39H. The summed E-state index contributed by atoms with van der Waals surface area (Å²) in [5.41, 5.74) is 14.4. The van der Waals surface area contributed by atoms with Crippen molar-refractivity contribution in [2.75, 3.05) is 4.90 Å². The minimum absolute atomic E-state index is 0.887. The molecular weight excluding hydrogens is 807 g/mol. The molecule has 13 aromatic rings. The molecule has 0 radical (unpaired) electrons. The number of para-hydroxylation sites is 2. The number of furan rings is 1. The number of fused-ring (bicyclic) bond motifs is 8. The molecule has 2 nitrogen and oxygen atoms in total. The SMILES string of the molecule is c1cc(-c2ccc(N(c3ccc(-c4cccc5c4sc4ccccc45)cc3)c3ccccc3-c3cccc4c3oc3cc5ccccc5cc34)cc2)cc(-c2cccc3ccccc23)c1. The van der Waals surface area contributed by atoms with Gasteiger partial charge < -0.3 is 9.32 Å². The van der Waals surface area contributed by atoms with E-state index in [1.165, 1.54) is 69.5 Å². The Hall–Kier alpha value is -8.24. The largest absolute Gasteiger partial charge is 0.455 e. The van der Waals surface area contributed by atoms with Crippen LogP contribution in [0.1, 0.15) is 0 Å². The molecule has 0 bridgehead atoms. The second-order valence-corrected chi connectivity index (χ2v) is 17.9. The first-order chi connectivity index (χ1) is 32.2. The van der Waals surface area contributed by atoms with Crippen molar-refractivity contribution in [3.8, 4) is 44.5 Å². The highest BCUT2D eigenvalue weighted by molar-refractivity contribution is 7.26. The molecule has 65 heavy (non-hydrogen) atoms. The van der Waals surface area contributed by atoms with Crippen molar-refractivity contribution in [3.05, 3.63) is 237 Å². The maximum absolute atomic E-state index is 6.83. The summed E-state index contributed by atoms with van der Waals surface area (Å²) in [5, 5.41) is 9.73. The molecule has 0 saturated carbocycles. The molecule has 0 N–H and O–H groups in total. The summed E-state index contributed by atoms with van der Waals surface area (Å²) in [7, 11) is 0. The predicted octanol–water partition coefficient (Wildman–Crippen LogP) is 18.4. The maximum Gasteiger partial charge on any atom is 0.143 e. The van der Waals surface area contributed by atoms with Crippen LogP contribution in [0.4, 0.5) is 17.1 Å². The van der Waals surface area contributed by atoms with Crippen LogP contribution in [0.25, 0.3) is 108 Å². The first-order valence-electron chi connectivity index (χ1n) is 22.1. The van der Waals surface area contributed by atoms with E-state index in [0.717, 1.165) is 55.7 Å². The zero-order valence-electron chi connectivity index (χ0n) is 35.3. The Balaban J connectivity index is 0.948. The number of benzene rings is 11. The van der Waals surface area contributed by atoms with Gasteiger partial charge in [0.25, 0.3) is 0 Å². The number of nitrogens with zero attached hydrogens (tertiary/aromatic N) is 1. The van der Waals surface area contributed by atoms with E-state index in [-0.39, 0.29) is 0 Å². The molecule has 0 aliphatic carbocycles. The molecule has 0 atom stereocenters. The Labute approximate surface area is 380 Å². The van der Waals surface area contributed by atoms with E-state index < -0.39 is 0 Å². The van der Waals surface area contributed by atoms with Gasteiger partial charge in [-0.25, -0.2) is 0 Å². The van der Waals surface area contributed by atoms with Crippen molar-refractivity contribution >= 4 is 92.1 Å². The monoisotopic (exact) mass is 845 g/mol. The van der Waals surface area contributed by atoms with Gasteiger partial charge in [-0.1, -0.05) is 182 Å². The Morgan fingerprint density at radius 2 is 0.892 bits per heavy atom. The van der Waals surface area contributed by atoms with Gasteiger partial charge in [-0.05, 0) is 110 Å². The van der Waals surface area contributed by atoms with Crippen molar-refractivity contribution in [3.63, 3.8) is 0 Å². The lowest BCUT2D eigenvalue weighted by molar-refractivity contribution is 0.670. The van der Waals surface area contributed by atoms with Gasteiger partial charge in [0.1, 0.15) is 11.2 Å². The Kier molecular flexibility index (Phi) is 8.75. The molecule has 0 amide bonds. The van der Waals surface area contributed by atoms with E-state index in [4.69, 9.17) is 4.42 Å². The van der Waals surface area contributed by atoms with Crippen molar-refractivity contribution in [1.29, 1.82) is 0 Å². The fraction of sp³-hybridized carbons (Fsp3) is 0. The molecule has 304 valence electrons. The Morgan fingerprint density at radius 3 is 1.72 bits per heavy atom. The van der Waals surface area contributed by atoms with Gasteiger partial charge in [0, 0.05) is 53.4 Å². The summed E-state index contributed by atoms with van der Waals surface area (Å²) >= 11 is 1.87. The van der Waals surface area contributed by atoms with Gasteiger partial charge in [-0.15, -0.1) is 11.3 Å². The molecule has 0 aliphatic heterocycles. The zero-order valence-corrected chi connectivity index (χ0v) is 36.1. The van der Waals surface area contributed by atoms with Gasteiger partial charge in [-0.2, -0.15) is 0 Å². The minimum Gasteiger partial charge on any atom is -0.455 e. The quantitative estimate of drug-likeness (QED) is 0.159. The number of hydrogen-bond acceptors (Lipinski definition) is 3. The highest BCUT2D eigenvalue weighted by Crippen LogP contribution is 2.46. The maximum atomic E-state index is 6.83. The second kappa shape index (κ2) is 15.2. The van der Waals surface area contributed by atoms with Crippen molar-refractivity contribution < 1.29 is 4.42 Å². The highest BCUT2D eigenvalue weighted by atomic mass is 32.1. The zero-order chi connectivity index (χ0) is 42.8. The van der Waals surface area contributed by atoms with Crippen molar-refractivity contribution in [2.45, 2.75) is 0 Å². The average Bonchev–Trinajstić information content (AvgIpc) is 3.94. The fourth-order valence-electron chi connectivity index (χ4n) is 9.93. The first-order valence-corrected chi connectivity index (χ1v) is 23.0. The number of hydrogen-bond donors (Lipinski definition) is 0. The van der Waals surface area contributed by atoms with Crippen LogP contribution < -0.4 is 4.90 Å². The van der Waals surface area contributed by atoms with Gasteiger partial charge >= 0.3 is 0 Å². The number of thiophene rings is 1. The van der Waals surface area contributed by atoms with Crippen molar-refractivity contribution in [2.24, 2.45) is 0 Å². The molecule has 0 aliphatic rings. The summed E-state index contributed by atoms with van der Waals surface area (Å²) in [6.45, 7) is 0. The normalized spacial score (nSPS) is 11.7. The summed E-state index contributed by atoms with van der Waals surface area (Å²) in [5.74, 6) is 0. The van der Waals surface area contributed by atoms with Crippen LogP contribution in [0, 0.1) is 0 Å². The van der Waals surface area contributed by atoms with Gasteiger partial charge in [-0.3, -0.25) is 0 Å². The molecule has 0 fully saturated rings. The van der Waals surface area contributed by atoms with Crippen LogP contribution in [0.3, 0.4) is 0 Å². The summed E-state index contributed by atoms with van der Waals surface area (Å²) in [4.78, 5) is 2.39. The average molecular weight is 846 g/mol. The van der Waals surface area contributed by atoms with Crippen LogP contribution in [-0.2, 0) is 0 Å². The van der Waals surface area contributed by atoms with Crippen LogP contribution >= 0.6 is 11.3 Å². The highest BCUT2D eigenvalue weighted by Gasteiger charge is 2.21. The van der Waals surface area contributed by atoms with Crippen LogP contribution in [-0.4, -0.2) is 0 Å². The number of rotatable bonds is 7. The molecule has 2 heterocycles. The van der Waals surface area contributed by atoms with Gasteiger partial charge in [0.2, 0.25) is 0 Å². The van der Waals surface area contributed by atoms with Crippen LogP contribution in [0.5, 0.6) is 0 Å². The molecule has 0 unspecified atom stereocenters. The van der Waals surface area contributed by atoms with Crippen LogP contribution in [0.2, 0.25) is 0 Å². The van der Waals surface area contributed by atoms with E-state index in [9.17, 15) is 0 Å². The third-order valence-corrected chi connectivity index (χ3v) is 14.3. The van der Waals surface area contributed by atoms with E-state index in [0.29, 0.717) is 0 Å². The van der Waals surface area contributed by atoms with Crippen LogP contribution in [0.15, 0.2) is 241 Å². The summed E-state index contributed by atoms with van der Waals surface area (Å²) < 4.78 is 9.45. The smallest absolute Gasteiger partial charge is 0.143 e. The molecule has 0 spiro atoms. The second-order valence-electron chi connectivity index (χ2n) is 16.8. The topological polar surface area (TPSA) is 16.4 Å². The predicted molar refractivity (Wildman–Crippen MR) is 278 cm³/mol. The lowest BCUT2D eigenvalue weighted by atomic mass is 9.95. The number of anilines is 3. The lowest BCUT2D eigenvalue weighted by Crippen LogP contribution is -2.11. The molecule has 0 saturated heterocycles. The van der Waals surface area contributed by atoms with E-state index >= 15 is 0 Å². The fourth-order valence-corrected chi connectivity index (χ4v) is 11.2. The first kappa shape index (κ1) is 37.3. The van der Waals surface area contributed by atoms with Gasteiger partial charge in [0.05, 0.1) is 5.69 Å². The van der Waals surface area contributed by atoms with E-state index in [2.05, 4.69) is 241 Å². The third kappa shape index (κ3) is 6.31.